The number of oxazole rings is 1. The number of hydrogen-bond donors (Lipinski definition) is 2. The van der Waals surface area contributed by atoms with Crippen LogP contribution in [0.25, 0.3) is 17.2 Å². The SMILES string of the molecule is CCOC1CCC(n2cc(NC(=O)c3coc(-c4cnn(COP(=O)(OC(C)(C)C)OC(C)(C)C)c4)n3)c(C3=CN=CCN3)n2)CC1. The van der Waals surface area contributed by atoms with Gasteiger partial charge in [0.05, 0.1) is 59.2 Å². The Morgan fingerprint density at radius 3 is 2.47 bits per heavy atom. The molecule has 1 saturated carbocycles. The number of phosphoric acid groups is 1. The van der Waals surface area contributed by atoms with Gasteiger partial charge in [-0.2, -0.15) is 10.2 Å². The van der Waals surface area contributed by atoms with Crippen molar-refractivity contribution in [1.82, 2.24) is 29.9 Å². The predicted octanol–water partition coefficient (Wildman–Crippen LogP) is 6.19. The highest BCUT2D eigenvalue weighted by Crippen LogP contribution is 2.55. The fraction of sp³-hybridized carbons (Fsp3) is 0.581. The van der Waals surface area contributed by atoms with Gasteiger partial charge in [0.1, 0.15) is 12.0 Å². The topological polar surface area (TPSA) is 169 Å². The predicted molar refractivity (Wildman–Crippen MR) is 176 cm³/mol. The molecule has 1 amide bonds. The van der Waals surface area contributed by atoms with Crippen LogP contribution < -0.4 is 10.6 Å². The maximum absolute atomic E-state index is 13.4. The van der Waals surface area contributed by atoms with Crippen LogP contribution in [0.1, 0.15) is 96.4 Å². The Balaban J connectivity index is 1.27. The van der Waals surface area contributed by atoms with Gasteiger partial charge in [-0.15, -0.1) is 0 Å². The van der Waals surface area contributed by atoms with Crippen LogP contribution in [0, 0.1) is 0 Å². The molecule has 0 aromatic carbocycles. The van der Waals surface area contributed by atoms with Crippen LogP contribution in [0.5, 0.6) is 0 Å². The van der Waals surface area contributed by atoms with Gasteiger partial charge in [0.25, 0.3) is 5.91 Å². The number of nitrogens with one attached hydrogen (secondary N) is 2. The molecule has 256 valence electrons. The van der Waals surface area contributed by atoms with E-state index in [0.29, 0.717) is 35.8 Å². The van der Waals surface area contributed by atoms with Crippen molar-refractivity contribution >= 4 is 31.3 Å². The highest BCUT2D eigenvalue weighted by molar-refractivity contribution is 7.48. The second kappa shape index (κ2) is 14.2. The first-order chi connectivity index (χ1) is 22.2. The van der Waals surface area contributed by atoms with Crippen LogP contribution in [0.3, 0.4) is 0 Å². The van der Waals surface area contributed by atoms with Gasteiger partial charge >= 0.3 is 7.82 Å². The normalized spacial score (nSPS) is 19.0. The van der Waals surface area contributed by atoms with Crippen molar-refractivity contribution in [3.8, 4) is 11.5 Å². The van der Waals surface area contributed by atoms with Crippen molar-refractivity contribution in [2.75, 3.05) is 18.5 Å². The van der Waals surface area contributed by atoms with E-state index in [1.54, 1.807) is 60.2 Å². The summed E-state index contributed by atoms with van der Waals surface area (Å²) in [7, 11) is -3.94. The zero-order valence-corrected chi connectivity index (χ0v) is 29.0. The Labute approximate surface area is 274 Å². The molecule has 0 saturated heterocycles. The van der Waals surface area contributed by atoms with Gasteiger partial charge in [0.2, 0.25) is 5.89 Å². The quantitative estimate of drug-likeness (QED) is 0.210. The van der Waals surface area contributed by atoms with E-state index in [4.69, 9.17) is 27.8 Å². The molecule has 3 aromatic heterocycles. The van der Waals surface area contributed by atoms with Crippen LogP contribution in [0.2, 0.25) is 0 Å². The van der Waals surface area contributed by atoms with Crippen LogP contribution in [-0.2, 0) is 29.6 Å². The highest BCUT2D eigenvalue weighted by atomic mass is 31.2. The number of aliphatic imine (C=N–C) groups is 1. The van der Waals surface area contributed by atoms with Gasteiger partial charge in [-0.3, -0.25) is 28.0 Å². The molecule has 1 aliphatic heterocycles. The minimum Gasteiger partial charge on any atom is -0.444 e. The van der Waals surface area contributed by atoms with Gasteiger partial charge in [-0.1, -0.05) is 0 Å². The molecule has 47 heavy (non-hydrogen) atoms. The molecule has 0 radical (unpaired) electrons. The van der Waals surface area contributed by atoms with Crippen molar-refractivity contribution in [1.29, 1.82) is 0 Å². The van der Waals surface area contributed by atoms with Crippen molar-refractivity contribution in [3.05, 3.63) is 42.4 Å². The molecule has 5 rings (SSSR count). The summed E-state index contributed by atoms with van der Waals surface area (Å²) in [6.07, 6.45) is 13.7. The number of ether oxygens (including phenoxy) is 1. The summed E-state index contributed by atoms with van der Waals surface area (Å²) in [4.78, 5) is 22.0. The molecule has 0 bridgehead atoms. The van der Waals surface area contributed by atoms with E-state index in [0.717, 1.165) is 25.7 Å². The molecule has 16 heteroatoms. The molecule has 3 aromatic rings. The molecule has 0 spiro atoms. The minimum absolute atomic E-state index is 0.0742. The summed E-state index contributed by atoms with van der Waals surface area (Å²) in [5.41, 5.74) is 0.857. The second-order valence-electron chi connectivity index (χ2n) is 13.4. The van der Waals surface area contributed by atoms with Gasteiger partial charge in [0, 0.05) is 25.2 Å². The Morgan fingerprint density at radius 2 is 1.83 bits per heavy atom. The molecular formula is C31H45N8O7P. The Kier molecular flexibility index (Phi) is 10.5. The van der Waals surface area contributed by atoms with Crippen LogP contribution in [0.15, 0.2) is 40.5 Å². The summed E-state index contributed by atoms with van der Waals surface area (Å²) in [6.45, 7) is 13.6. The van der Waals surface area contributed by atoms with Crippen LogP contribution in [0.4, 0.5) is 5.69 Å². The molecule has 1 fully saturated rings. The molecule has 15 nitrogen and oxygen atoms in total. The third-order valence-electron chi connectivity index (χ3n) is 7.08. The lowest BCUT2D eigenvalue weighted by molar-refractivity contribution is -0.00759. The van der Waals surface area contributed by atoms with E-state index in [-0.39, 0.29) is 30.5 Å². The summed E-state index contributed by atoms with van der Waals surface area (Å²) >= 11 is 0. The number of hydrogen-bond acceptors (Lipinski definition) is 12. The average Bonchev–Trinajstić information content (AvgIpc) is 3.75. The second-order valence-corrected chi connectivity index (χ2v) is 14.9. The fourth-order valence-corrected chi connectivity index (χ4v) is 6.96. The number of carbonyl (C=O) groups is 1. The van der Waals surface area contributed by atoms with E-state index in [1.165, 1.54) is 17.1 Å². The lowest BCUT2D eigenvalue weighted by Gasteiger charge is -2.30. The lowest BCUT2D eigenvalue weighted by atomic mass is 9.93. The monoisotopic (exact) mass is 672 g/mol. The average molecular weight is 673 g/mol. The highest BCUT2D eigenvalue weighted by Gasteiger charge is 2.37. The van der Waals surface area contributed by atoms with Gasteiger partial charge < -0.3 is 19.8 Å². The molecule has 0 unspecified atom stereocenters. The first kappa shape index (κ1) is 34.7. The number of nitrogens with zero attached hydrogens (tertiary/aromatic N) is 6. The van der Waals surface area contributed by atoms with Gasteiger partial charge in [0.15, 0.2) is 12.4 Å². The van der Waals surface area contributed by atoms with E-state index in [2.05, 4.69) is 25.7 Å². The van der Waals surface area contributed by atoms with Gasteiger partial charge in [-0.25, -0.2) is 14.2 Å². The summed E-state index contributed by atoms with van der Waals surface area (Å²) < 4.78 is 45.1. The molecule has 2 N–H and O–H groups in total. The zero-order valence-electron chi connectivity index (χ0n) is 28.1. The van der Waals surface area contributed by atoms with E-state index >= 15 is 0 Å². The molecule has 0 atom stereocenters. The molecular weight excluding hydrogens is 627 g/mol. The van der Waals surface area contributed by atoms with E-state index in [1.807, 2.05) is 17.8 Å². The number of anilines is 1. The third kappa shape index (κ3) is 9.48. The smallest absolute Gasteiger partial charge is 0.444 e. The van der Waals surface area contributed by atoms with Crippen molar-refractivity contribution in [3.63, 3.8) is 0 Å². The number of aromatic nitrogens is 5. The largest absolute Gasteiger partial charge is 0.477 e. The molecule has 4 heterocycles. The van der Waals surface area contributed by atoms with Crippen molar-refractivity contribution < 1.29 is 32.1 Å². The fourth-order valence-electron chi connectivity index (χ4n) is 5.22. The van der Waals surface area contributed by atoms with Gasteiger partial charge in [-0.05, 0) is 74.1 Å². The summed E-state index contributed by atoms with van der Waals surface area (Å²) in [5.74, 6) is -0.287. The van der Waals surface area contributed by atoms with E-state index < -0.39 is 24.9 Å². The van der Waals surface area contributed by atoms with Crippen LogP contribution >= 0.6 is 7.82 Å². The maximum Gasteiger partial charge on any atom is 0.477 e. The number of amides is 1. The van der Waals surface area contributed by atoms with E-state index in [9.17, 15) is 9.36 Å². The maximum atomic E-state index is 13.4. The Morgan fingerprint density at radius 1 is 1.11 bits per heavy atom. The minimum atomic E-state index is -3.94. The Hall–Kier alpha value is -3.62. The number of rotatable bonds is 12. The summed E-state index contributed by atoms with van der Waals surface area (Å²) in [5, 5.41) is 15.3. The Bertz CT molecular complexity index is 1620. The number of carbonyl (C=O) groups excluding carboxylic acids is 1. The first-order valence-corrected chi connectivity index (χ1v) is 17.3. The third-order valence-corrected chi connectivity index (χ3v) is 9.06. The lowest BCUT2D eigenvalue weighted by Crippen LogP contribution is -2.25. The zero-order chi connectivity index (χ0) is 33.8. The standard InChI is InChI=1S/C31H45N8O7P/c1-8-42-23-11-9-22(10-12-23)39-18-25(27(37-39)24-16-32-13-14-33-24)35-28(40)26-19-43-29(36-26)21-15-34-38(17-21)20-44-47(41,45-30(2,3)4)46-31(5,6)7/h13,15-19,22-23,33H,8-12,14,20H2,1-7H3,(H,35,40). The molecule has 1 aliphatic carbocycles. The molecule has 2 aliphatic rings. The van der Waals surface area contributed by atoms with Crippen molar-refractivity contribution in [2.45, 2.75) is 104 Å². The first-order valence-electron chi connectivity index (χ1n) is 15.8. The van der Waals surface area contributed by atoms with Crippen LogP contribution in [-0.4, -0.2) is 67.1 Å². The number of phosphoric ester groups is 1. The summed E-state index contributed by atoms with van der Waals surface area (Å²) in [6, 6.07) is 0.192. The van der Waals surface area contributed by atoms with Crippen molar-refractivity contribution in [2.24, 2.45) is 4.99 Å².